The number of aromatic nitrogens is 1. The molecule has 3 heteroatoms. The molecule has 0 radical (unpaired) electrons. The van der Waals surface area contributed by atoms with Crippen LogP contribution >= 0.6 is 0 Å². The van der Waals surface area contributed by atoms with Crippen molar-refractivity contribution < 1.29 is 9.47 Å². The Bertz CT molecular complexity index is 999. The summed E-state index contributed by atoms with van der Waals surface area (Å²) in [6.07, 6.45) is 2.14. The van der Waals surface area contributed by atoms with Crippen LogP contribution in [0.2, 0.25) is 0 Å². The number of ether oxygens (including phenoxy) is 2. The molecule has 0 spiro atoms. The van der Waals surface area contributed by atoms with Crippen molar-refractivity contribution in [3.05, 3.63) is 108 Å². The summed E-state index contributed by atoms with van der Waals surface area (Å²) in [5.74, 6) is 1.45. The van der Waals surface area contributed by atoms with E-state index in [4.69, 9.17) is 9.47 Å². The maximum absolute atomic E-state index is 5.51. The molecule has 3 aromatic carbocycles. The van der Waals surface area contributed by atoms with E-state index in [1.807, 2.05) is 12.1 Å². The molecule has 1 aromatic heterocycles. The maximum atomic E-state index is 5.51. The summed E-state index contributed by atoms with van der Waals surface area (Å²) in [6.45, 7) is 0. The Hall–Kier alpha value is -3.46. The van der Waals surface area contributed by atoms with Crippen molar-refractivity contribution in [1.82, 2.24) is 4.57 Å². The molecule has 0 aliphatic rings. The second-order valence-electron chi connectivity index (χ2n) is 6.59. The second-order valence-corrected chi connectivity index (χ2v) is 6.59. The van der Waals surface area contributed by atoms with Crippen LogP contribution in [0.15, 0.2) is 97.2 Å². The third kappa shape index (κ3) is 3.39. The van der Waals surface area contributed by atoms with Gasteiger partial charge < -0.3 is 14.0 Å². The van der Waals surface area contributed by atoms with Gasteiger partial charge in [-0.1, -0.05) is 60.7 Å². The van der Waals surface area contributed by atoms with Gasteiger partial charge in [-0.3, -0.25) is 0 Å². The average Bonchev–Trinajstić information content (AvgIpc) is 3.24. The van der Waals surface area contributed by atoms with Crippen LogP contribution in [0.25, 0.3) is 11.3 Å². The maximum Gasteiger partial charge on any atom is 0.161 e. The number of rotatable bonds is 6. The monoisotopic (exact) mass is 369 g/mol. The van der Waals surface area contributed by atoms with Crippen LogP contribution in [0.5, 0.6) is 11.5 Å². The number of methoxy groups -OCH3 is 2. The van der Waals surface area contributed by atoms with Crippen molar-refractivity contribution in [3.8, 4) is 22.8 Å². The molecule has 0 fully saturated rings. The van der Waals surface area contributed by atoms with Crippen molar-refractivity contribution in [1.29, 1.82) is 0 Å². The molecule has 3 nitrogen and oxygen atoms in total. The smallest absolute Gasteiger partial charge is 0.161 e. The second kappa shape index (κ2) is 8.05. The Kier molecular flexibility index (Phi) is 5.16. The van der Waals surface area contributed by atoms with Crippen LogP contribution in [0, 0.1) is 0 Å². The fourth-order valence-corrected chi connectivity index (χ4v) is 3.64. The minimum atomic E-state index is 0.0838. The van der Waals surface area contributed by atoms with Crippen molar-refractivity contribution in [3.63, 3.8) is 0 Å². The fraction of sp³-hybridized carbons (Fsp3) is 0.120. The molecule has 140 valence electrons. The van der Waals surface area contributed by atoms with Crippen LogP contribution in [0.3, 0.4) is 0 Å². The Morgan fingerprint density at radius 3 is 1.82 bits per heavy atom. The van der Waals surface area contributed by atoms with E-state index in [9.17, 15) is 0 Å². The highest BCUT2D eigenvalue weighted by molar-refractivity contribution is 5.65. The predicted octanol–water partition coefficient (Wildman–Crippen LogP) is 5.81. The van der Waals surface area contributed by atoms with E-state index < -0.39 is 0 Å². The fourth-order valence-electron chi connectivity index (χ4n) is 3.64. The highest BCUT2D eigenvalue weighted by Crippen LogP contribution is 2.36. The van der Waals surface area contributed by atoms with Gasteiger partial charge in [0.05, 0.1) is 20.3 Å². The van der Waals surface area contributed by atoms with E-state index in [-0.39, 0.29) is 6.04 Å². The van der Waals surface area contributed by atoms with Crippen molar-refractivity contribution in [2.75, 3.05) is 14.2 Å². The first kappa shape index (κ1) is 17.9. The van der Waals surface area contributed by atoms with E-state index in [2.05, 4.69) is 89.6 Å². The molecular formula is C25H23NO2. The molecule has 1 heterocycles. The Labute approximate surface area is 165 Å². The van der Waals surface area contributed by atoms with E-state index in [1.165, 1.54) is 11.1 Å². The predicted molar refractivity (Wildman–Crippen MR) is 113 cm³/mol. The van der Waals surface area contributed by atoms with Gasteiger partial charge in [-0.15, -0.1) is 0 Å². The van der Waals surface area contributed by atoms with Gasteiger partial charge in [0.25, 0.3) is 0 Å². The highest BCUT2D eigenvalue weighted by Gasteiger charge is 2.19. The molecule has 28 heavy (non-hydrogen) atoms. The van der Waals surface area contributed by atoms with Gasteiger partial charge in [-0.25, -0.2) is 0 Å². The first-order valence-electron chi connectivity index (χ1n) is 9.31. The molecule has 0 aliphatic carbocycles. The number of hydrogen-bond acceptors (Lipinski definition) is 2. The summed E-state index contributed by atoms with van der Waals surface area (Å²) in [6, 6.07) is 31.5. The van der Waals surface area contributed by atoms with Crippen molar-refractivity contribution in [2.24, 2.45) is 0 Å². The molecule has 0 N–H and O–H groups in total. The summed E-state index contributed by atoms with van der Waals surface area (Å²) in [7, 11) is 3.32. The quantitative estimate of drug-likeness (QED) is 0.428. The molecule has 0 saturated carbocycles. The van der Waals surface area contributed by atoms with E-state index in [1.54, 1.807) is 14.2 Å². The van der Waals surface area contributed by atoms with Crippen molar-refractivity contribution in [2.45, 2.75) is 6.04 Å². The Morgan fingerprint density at radius 1 is 0.643 bits per heavy atom. The van der Waals surface area contributed by atoms with Crippen molar-refractivity contribution >= 4 is 0 Å². The van der Waals surface area contributed by atoms with Crippen LogP contribution in [0.4, 0.5) is 0 Å². The molecule has 4 rings (SSSR count). The lowest BCUT2D eigenvalue weighted by atomic mass is 9.97. The topological polar surface area (TPSA) is 23.4 Å². The number of benzene rings is 3. The lowest BCUT2D eigenvalue weighted by molar-refractivity contribution is 0.355. The summed E-state index contributed by atoms with van der Waals surface area (Å²) < 4.78 is 13.2. The minimum Gasteiger partial charge on any atom is -0.493 e. The third-order valence-electron chi connectivity index (χ3n) is 4.97. The van der Waals surface area contributed by atoms with Gasteiger partial charge in [-0.05, 0) is 41.5 Å². The largest absolute Gasteiger partial charge is 0.493 e. The molecular weight excluding hydrogens is 346 g/mol. The SMILES string of the molecule is COc1ccc(-c2cccn2C(c2ccccc2)c2ccccc2)cc1OC. The zero-order chi connectivity index (χ0) is 19.3. The standard InChI is InChI=1S/C25H23NO2/c1-27-23-16-15-21(18-24(23)28-2)22-14-9-17-26(22)25(19-10-5-3-6-11-19)20-12-7-4-8-13-20/h3-18,25H,1-2H3. The molecule has 0 unspecified atom stereocenters. The minimum absolute atomic E-state index is 0.0838. The summed E-state index contributed by atoms with van der Waals surface area (Å²) in [4.78, 5) is 0. The third-order valence-corrected chi connectivity index (χ3v) is 4.97. The van der Waals surface area contributed by atoms with E-state index in [0.29, 0.717) is 0 Å². The van der Waals surface area contributed by atoms with Gasteiger partial charge in [-0.2, -0.15) is 0 Å². The van der Waals surface area contributed by atoms with Crippen LogP contribution < -0.4 is 9.47 Å². The van der Waals surface area contributed by atoms with Gasteiger partial charge in [0.2, 0.25) is 0 Å². The first-order chi connectivity index (χ1) is 13.8. The highest BCUT2D eigenvalue weighted by atomic mass is 16.5. The lowest BCUT2D eigenvalue weighted by Gasteiger charge is -2.23. The Balaban J connectivity index is 1.86. The zero-order valence-electron chi connectivity index (χ0n) is 16.1. The summed E-state index contributed by atoms with van der Waals surface area (Å²) >= 11 is 0. The lowest BCUT2D eigenvalue weighted by Crippen LogP contribution is -2.12. The molecule has 0 bridgehead atoms. The van der Waals surface area contributed by atoms with Gasteiger partial charge in [0.15, 0.2) is 11.5 Å². The van der Waals surface area contributed by atoms with E-state index in [0.717, 1.165) is 22.8 Å². The van der Waals surface area contributed by atoms with Gasteiger partial charge >= 0.3 is 0 Å². The summed E-state index contributed by atoms with van der Waals surface area (Å²) in [5, 5.41) is 0. The van der Waals surface area contributed by atoms with Crippen LogP contribution in [0.1, 0.15) is 17.2 Å². The molecule has 0 saturated heterocycles. The molecule has 4 aromatic rings. The molecule has 0 aliphatic heterocycles. The zero-order valence-corrected chi connectivity index (χ0v) is 16.1. The number of nitrogens with zero attached hydrogens (tertiary/aromatic N) is 1. The van der Waals surface area contributed by atoms with Gasteiger partial charge in [0.1, 0.15) is 0 Å². The molecule has 0 amide bonds. The van der Waals surface area contributed by atoms with Gasteiger partial charge in [0, 0.05) is 17.5 Å². The average molecular weight is 369 g/mol. The first-order valence-corrected chi connectivity index (χ1v) is 9.31. The van der Waals surface area contributed by atoms with E-state index >= 15 is 0 Å². The summed E-state index contributed by atoms with van der Waals surface area (Å²) in [5.41, 5.74) is 4.69. The normalized spacial score (nSPS) is 10.8. The molecule has 0 atom stereocenters. The Morgan fingerprint density at radius 2 is 1.25 bits per heavy atom. The number of hydrogen-bond donors (Lipinski definition) is 0. The van der Waals surface area contributed by atoms with Crippen LogP contribution in [-0.2, 0) is 0 Å². The van der Waals surface area contributed by atoms with Crippen LogP contribution in [-0.4, -0.2) is 18.8 Å².